The fraction of sp³-hybridized carbons (Fsp3) is 0.429. The molecule has 0 radical (unpaired) electrons. The molecule has 0 bridgehead atoms. The minimum Gasteiger partial charge on any atom is -0.456 e. The molecule has 0 aromatic carbocycles. The first-order chi connectivity index (χ1) is 8.90. The number of furan rings is 1. The van der Waals surface area contributed by atoms with Crippen molar-refractivity contribution in [2.24, 2.45) is 0 Å². The van der Waals surface area contributed by atoms with Crippen molar-refractivity contribution in [2.45, 2.75) is 39.7 Å². The maximum atomic E-state index is 12.0. The van der Waals surface area contributed by atoms with E-state index in [2.05, 4.69) is 10.4 Å². The van der Waals surface area contributed by atoms with E-state index in [1.54, 1.807) is 12.3 Å². The van der Waals surface area contributed by atoms with E-state index in [4.69, 9.17) is 4.42 Å². The molecule has 0 aliphatic heterocycles. The van der Waals surface area contributed by atoms with Gasteiger partial charge in [-0.2, -0.15) is 5.10 Å². The molecule has 0 atom stereocenters. The second-order valence-corrected chi connectivity index (χ2v) is 5.42. The van der Waals surface area contributed by atoms with Gasteiger partial charge < -0.3 is 9.73 Å². The van der Waals surface area contributed by atoms with Gasteiger partial charge in [-0.3, -0.25) is 9.48 Å². The van der Waals surface area contributed by atoms with Crippen LogP contribution in [0.1, 0.15) is 44.0 Å². The number of hydrogen-bond donors (Lipinski definition) is 1. The van der Waals surface area contributed by atoms with Crippen LogP contribution in [0.2, 0.25) is 0 Å². The van der Waals surface area contributed by atoms with Crippen molar-refractivity contribution in [3.8, 4) is 0 Å². The first-order valence-corrected chi connectivity index (χ1v) is 6.35. The van der Waals surface area contributed by atoms with E-state index < -0.39 is 0 Å². The fourth-order valence-corrected chi connectivity index (χ4v) is 1.64. The minimum atomic E-state index is -0.256. The fourth-order valence-electron chi connectivity index (χ4n) is 1.64. The standard InChI is InChI=1S/C14H19N3O2/c1-5-11-6-7-12(19-11)13(18)16-10-8-15-17(9-10)14(2,3)4/h6-9H,5H2,1-4H3,(H,16,18). The predicted molar refractivity (Wildman–Crippen MR) is 73.3 cm³/mol. The van der Waals surface area contributed by atoms with Gasteiger partial charge in [-0.15, -0.1) is 0 Å². The quantitative estimate of drug-likeness (QED) is 0.923. The van der Waals surface area contributed by atoms with E-state index in [0.29, 0.717) is 11.4 Å². The number of aryl methyl sites for hydroxylation is 1. The molecule has 2 rings (SSSR count). The summed E-state index contributed by atoms with van der Waals surface area (Å²) < 4.78 is 7.21. The molecule has 2 heterocycles. The van der Waals surface area contributed by atoms with Crippen LogP contribution in [0.5, 0.6) is 0 Å². The van der Waals surface area contributed by atoms with Crippen LogP contribution in [0.15, 0.2) is 28.9 Å². The van der Waals surface area contributed by atoms with E-state index in [1.165, 1.54) is 0 Å². The van der Waals surface area contributed by atoms with Gasteiger partial charge in [-0.1, -0.05) is 6.92 Å². The summed E-state index contributed by atoms with van der Waals surface area (Å²) in [6, 6.07) is 3.50. The van der Waals surface area contributed by atoms with E-state index >= 15 is 0 Å². The van der Waals surface area contributed by atoms with E-state index in [-0.39, 0.29) is 11.4 Å². The summed E-state index contributed by atoms with van der Waals surface area (Å²) in [5, 5.41) is 7.00. The van der Waals surface area contributed by atoms with Gasteiger partial charge in [0.15, 0.2) is 5.76 Å². The van der Waals surface area contributed by atoms with Crippen LogP contribution in [0.3, 0.4) is 0 Å². The summed E-state index contributed by atoms with van der Waals surface area (Å²) in [6.45, 7) is 8.12. The smallest absolute Gasteiger partial charge is 0.291 e. The van der Waals surface area contributed by atoms with Crippen LogP contribution in [0.25, 0.3) is 0 Å². The topological polar surface area (TPSA) is 60.1 Å². The molecule has 2 aromatic rings. The van der Waals surface area contributed by atoms with Gasteiger partial charge in [0, 0.05) is 12.6 Å². The van der Waals surface area contributed by atoms with Crippen molar-refractivity contribution >= 4 is 11.6 Å². The molecular formula is C14H19N3O2. The number of nitrogens with zero attached hydrogens (tertiary/aromatic N) is 2. The van der Waals surface area contributed by atoms with Crippen molar-refractivity contribution in [3.05, 3.63) is 36.0 Å². The van der Waals surface area contributed by atoms with Crippen molar-refractivity contribution in [2.75, 3.05) is 5.32 Å². The van der Waals surface area contributed by atoms with Crippen LogP contribution >= 0.6 is 0 Å². The summed E-state index contributed by atoms with van der Waals surface area (Å²) in [5.74, 6) is 0.865. The van der Waals surface area contributed by atoms with Gasteiger partial charge in [0.05, 0.1) is 17.4 Å². The van der Waals surface area contributed by atoms with Gasteiger partial charge in [0.1, 0.15) is 5.76 Å². The van der Waals surface area contributed by atoms with E-state index in [1.807, 2.05) is 44.6 Å². The highest BCUT2D eigenvalue weighted by molar-refractivity contribution is 6.02. The van der Waals surface area contributed by atoms with E-state index in [0.717, 1.165) is 12.2 Å². The summed E-state index contributed by atoms with van der Waals surface area (Å²) in [7, 11) is 0. The first kappa shape index (κ1) is 13.4. The van der Waals surface area contributed by atoms with E-state index in [9.17, 15) is 4.79 Å². The summed E-state index contributed by atoms with van der Waals surface area (Å²) in [5.41, 5.74) is 0.553. The Morgan fingerprint density at radius 1 is 1.42 bits per heavy atom. The number of carbonyl (C=O) groups is 1. The van der Waals surface area contributed by atoms with Gasteiger partial charge in [-0.25, -0.2) is 0 Å². The second kappa shape index (κ2) is 4.91. The third-order valence-corrected chi connectivity index (χ3v) is 2.76. The lowest BCUT2D eigenvalue weighted by atomic mass is 10.1. The molecule has 0 aliphatic carbocycles. The molecule has 0 saturated carbocycles. The highest BCUT2D eigenvalue weighted by atomic mass is 16.3. The normalized spacial score (nSPS) is 11.6. The summed E-state index contributed by atoms with van der Waals surface area (Å²) in [6.07, 6.45) is 4.21. The maximum Gasteiger partial charge on any atom is 0.291 e. The van der Waals surface area contributed by atoms with Crippen molar-refractivity contribution in [1.29, 1.82) is 0 Å². The van der Waals surface area contributed by atoms with Crippen LogP contribution in [-0.4, -0.2) is 15.7 Å². The molecule has 2 aromatic heterocycles. The zero-order chi connectivity index (χ0) is 14.0. The Hall–Kier alpha value is -2.04. The zero-order valence-electron chi connectivity index (χ0n) is 11.7. The van der Waals surface area contributed by atoms with Gasteiger partial charge >= 0.3 is 0 Å². The lowest BCUT2D eigenvalue weighted by molar-refractivity contribution is 0.0995. The molecule has 102 valence electrons. The van der Waals surface area contributed by atoms with Gasteiger partial charge in [0.2, 0.25) is 0 Å². The Kier molecular flexibility index (Phi) is 3.46. The number of nitrogens with one attached hydrogen (secondary N) is 1. The number of hydrogen-bond acceptors (Lipinski definition) is 3. The Labute approximate surface area is 112 Å². The Bertz CT molecular complexity index is 576. The van der Waals surface area contributed by atoms with Crippen molar-refractivity contribution < 1.29 is 9.21 Å². The largest absolute Gasteiger partial charge is 0.456 e. The second-order valence-electron chi connectivity index (χ2n) is 5.42. The van der Waals surface area contributed by atoms with Gasteiger partial charge in [0.25, 0.3) is 5.91 Å². The van der Waals surface area contributed by atoms with Crippen LogP contribution < -0.4 is 5.32 Å². The molecule has 0 spiro atoms. The van der Waals surface area contributed by atoms with Crippen LogP contribution in [0.4, 0.5) is 5.69 Å². The van der Waals surface area contributed by atoms with Crippen LogP contribution in [-0.2, 0) is 12.0 Å². The third-order valence-electron chi connectivity index (χ3n) is 2.76. The first-order valence-electron chi connectivity index (χ1n) is 6.35. The van der Waals surface area contributed by atoms with Gasteiger partial charge in [-0.05, 0) is 32.9 Å². The molecule has 0 aliphatic rings. The average molecular weight is 261 g/mol. The Morgan fingerprint density at radius 2 is 2.16 bits per heavy atom. The Balaban J connectivity index is 2.09. The van der Waals surface area contributed by atoms with Crippen molar-refractivity contribution in [1.82, 2.24) is 9.78 Å². The maximum absolute atomic E-state index is 12.0. The molecule has 1 amide bonds. The average Bonchev–Trinajstić information content (AvgIpc) is 2.95. The summed E-state index contributed by atoms with van der Waals surface area (Å²) in [4.78, 5) is 12.0. The molecule has 5 heteroatoms. The molecule has 1 N–H and O–H groups in total. The monoisotopic (exact) mass is 261 g/mol. The number of aromatic nitrogens is 2. The third kappa shape index (κ3) is 3.05. The highest BCUT2D eigenvalue weighted by Crippen LogP contribution is 2.17. The lowest BCUT2D eigenvalue weighted by Gasteiger charge is -2.18. The molecule has 0 unspecified atom stereocenters. The molecular weight excluding hydrogens is 242 g/mol. The number of rotatable bonds is 3. The van der Waals surface area contributed by atoms with Crippen molar-refractivity contribution in [3.63, 3.8) is 0 Å². The molecule has 0 saturated heterocycles. The minimum absolute atomic E-state index is 0.108. The number of amides is 1. The molecule has 0 fully saturated rings. The lowest BCUT2D eigenvalue weighted by Crippen LogP contribution is -2.22. The zero-order valence-corrected chi connectivity index (χ0v) is 11.7. The predicted octanol–water partition coefficient (Wildman–Crippen LogP) is 3.05. The SMILES string of the molecule is CCc1ccc(C(=O)Nc2cnn(C(C)(C)C)c2)o1. The Morgan fingerprint density at radius 3 is 2.68 bits per heavy atom. The molecule has 5 nitrogen and oxygen atoms in total. The summed E-state index contributed by atoms with van der Waals surface area (Å²) >= 11 is 0. The highest BCUT2D eigenvalue weighted by Gasteiger charge is 2.16. The number of carbonyl (C=O) groups excluding carboxylic acids is 1. The molecule has 19 heavy (non-hydrogen) atoms. The number of anilines is 1. The van der Waals surface area contributed by atoms with Crippen LogP contribution in [0, 0.1) is 0 Å².